The summed E-state index contributed by atoms with van der Waals surface area (Å²) in [5.74, 6) is -0.176. The van der Waals surface area contributed by atoms with Gasteiger partial charge in [0.05, 0.1) is 19.3 Å². The van der Waals surface area contributed by atoms with Crippen LogP contribution in [0.15, 0.2) is 18.2 Å². The van der Waals surface area contributed by atoms with Crippen molar-refractivity contribution in [2.24, 2.45) is 0 Å². The normalized spacial score (nSPS) is 14.8. The second-order valence-electron chi connectivity index (χ2n) is 6.94. The molecular weight excluding hydrogens is 348 g/mol. The summed E-state index contributed by atoms with van der Waals surface area (Å²) in [6.07, 6.45) is 2.20. The summed E-state index contributed by atoms with van der Waals surface area (Å²) in [5.41, 5.74) is 2.34. The molecule has 7 heteroatoms. The van der Waals surface area contributed by atoms with Gasteiger partial charge in [0.2, 0.25) is 0 Å². The molecule has 1 heterocycles. The van der Waals surface area contributed by atoms with Gasteiger partial charge in [0.25, 0.3) is 5.91 Å². The fraction of sp³-hybridized carbons (Fsp3) is 0.500. The van der Waals surface area contributed by atoms with Gasteiger partial charge in [-0.05, 0) is 44.9 Å². The Hall–Kier alpha value is -2.54. The quantitative estimate of drug-likeness (QED) is 0.719. The number of esters is 1. The van der Waals surface area contributed by atoms with Gasteiger partial charge in [-0.25, -0.2) is 4.79 Å². The summed E-state index contributed by atoms with van der Waals surface area (Å²) in [4.78, 5) is 24.7. The average Bonchev–Trinajstić information content (AvgIpc) is 3.42. The molecule has 1 atom stereocenters. The molecule has 146 valence electrons. The lowest BCUT2D eigenvalue weighted by Gasteiger charge is -2.13. The molecule has 1 fully saturated rings. The maximum Gasteiger partial charge on any atom is 0.341 e. The lowest BCUT2D eigenvalue weighted by molar-refractivity contribution is -0.125. The van der Waals surface area contributed by atoms with Crippen LogP contribution >= 0.6 is 0 Å². The highest BCUT2D eigenvalue weighted by molar-refractivity contribution is 6.07. The molecule has 1 aromatic heterocycles. The molecule has 1 unspecified atom stereocenters. The van der Waals surface area contributed by atoms with Crippen molar-refractivity contribution >= 4 is 22.8 Å². The zero-order valence-corrected chi connectivity index (χ0v) is 16.2. The molecule has 1 saturated carbocycles. The van der Waals surface area contributed by atoms with Gasteiger partial charge in [0.1, 0.15) is 5.75 Å². The highest BCUT2D eigenvalue weighted by Gasteiger charge is 2.31. The molecule has 1 N–H and O–H groups in total. The number of fused-ring (bicyclic) bond motifs is 1. The van der Waals surface area contributed by atoms with E-state index < -0.39 is 5.97 Å². The molecule has 1 aliphatic carbocycles. The van der Waals surface area contributed by atoms with Crippen LogP contribution in [0.1, 0.15) is 41.9 Å². The number of rotatable bonds is 8. The first kappa shape index (κ1) is 19.2. The van der Waals surface area contributed by atoms with Crippen LogP contribution in [-0.4, -0.2) is 49.9 Å². The van der Waals surface area contributed by atoms with Crippen molar-refractivity contribution in [1.29, 1.82) is 0 Å². The van der Waals surface area contributed by atoms with Gasteiger partial charge >= 0.3 is 5.97 Å². The van der Waals surface area contributed by atoms with Crippen molar-refractivity contribution in [3.05, 3.63) is 29.5 Å². The van der Waals surface area contributed by atoms with Crippen molar-refractivity contribution < 1.29 is 23.8 Å². The van der Waals surface area contributed by atoms with E-state index in [4.69, 9.17) is 14.2 Å². The fourth-order valence-electron chi connectivity index (χ4n) is 3.42. The van der Waals surface area contributed by atoms with Crippen LogP contribution in [-0.2, 0) is 14.3 Å². The number of carbonyl (C=O) groups excluding carboxylic acids is 2. The number of aromatic nitrogens is 1. The molecule has 0 radical (unpaired) electrons. The van der Waals surface area contributed by atoms with Gasteiger partial charge < -0.3 is 24.1 Å². The van der Waals surface area contributed by atoms with Crippen LogP contribution in [0.4, 0.5) is 0 Å². The average molecular weight is 374 g/mol. The minimum absolute atomic E-state index is 0.149. The van der Waals surface area contributed by atoms with Crippen LogP contribution in [0.3, 0.4) is 0 Å². The Bertz CT molecular complexity index is 854. The van der Waals surface area contributed by atoms with E-state index in [9.17, 15) is 9.59 Å². The van der Waals surface area contributed by atoms with Gasteiger partial charge in [0.15, 0.2) is 6.61 Å². The van der Waals surface area contributed by atoms with Gasteiger partial charge in [-0.15, -0.1) is 0 Å². The molecule has 27 heavy (non-hydrogen) atoms. The van der Waals surface area contributed by atoms with Gasteiger partial charge in [-0.3, -0.25) is 4.79 Å². The molecule has 7 nitrogen and oxygen atoms in total. The Morgan fingerprint density at radius 1 is 1.30 bits per heavy atom. The van der Waals surface area contributed by atoms with Crippen molar-refractivity contribution in [3.63, 3.8) is 0 Å². The summed E-state index contributed by atoms with van der Waals surface area (Å²) in [5, 5.41) is 3.51. The first-order valence-electron chi connectivity index (χ1n) is 9.10. The summed E-state index contributed by atoms with van der Waals surface area (Å²) in [6.45, 7) is 3.81. The number of hydrogen-bond acceptors (Lipinski definition) is 5. The third-order valence-electron chi connectivity index (χ3n) is 4.73. The fourth-order valence-corrected chi connectivity index (χ4v) is 3.42. The van der Waals surface area contributed by atoms with Crippen molar-refractivity contribution in [1.82, 2.24) is 9.88 Å². The number of hydrogen-bond donors (Lipinski definition) is 1. The number of nitrogens with one attached hydrogen (secondary N) is 1. The maximum atomic E-state index is 12.8. The van der Waals surface area contributed by atoms with Crippen molar-refractivity contribution in [2.45, 2.75) is 38.8 Å². The summed E-state index contributed by atoms with van der Waals surface area (Å²) in [6, 6.07) is 5.97. The third kappa shape index (κ3) is 4.08. The van der Waals surface area contributed by atoms with E-state index in [2.05, 4.69) is 9.88 Å². The van der Waals surface area contributed by atoms with Gasteiger partial charge in [0, 0.05) is 35.8 Å². The molecule has 0 saturated heterocycles. The molecule has 2 aromatic rings. The predicted molar refractivity (Wildman–Crippen MR) is 101 cm³/mol. The summed E-state index contributed by atoms with van der Waals surface area (Å²) in [7, 11) is 3.16. The van der Waals surface area contributed by atoms with E-state index in [-0.39, 0.29) is 18.6 Å². The SMILES string of the molecule is COCC(C)NC(=O)COC(=O)c1c(C)n(C2CC2)c2ccc(OC)cc12. The molecule has 1 aliphatic rings. The molecule has 0 aliphatic heterocycles. The Kier molecular flexibility index (Phi) is 5.70. The Morgan fingerprint density at radius 3 is 2.67 bits per heavy atom. The van der Waals surface area contributed by atoms with E-state index in [1.54, 1.807) is 14.2 Å². The van der Waals surface area contributed by atoms with E-state index in [0.29, 0.717) is 24.0 Å². The first-order chi connectivity index (χ1) is 13.0. The lowest BCUT2D eigenvalue weighted by atomic mass is 10.1. The van der Waals surface area contributed by atoms with Crippen LogP contribution in [0, 0.1) is 6.92 Å². The summed E-state index contributed by atoms with van der Waals surface area (Å²) < 4.78 is 17.8. The highest BCUT2D eigenvalue weighted by atomic mass is 16.5. The number of benzene rings is 1. The topological polar surface area (TPSA) is 78.8 Å². The van der Waals surface area contributed by atoms with Crippen LogP contribution in [0.25, 0.3) is 10.9 Å². The zero-order valence-electron chi connectivity index (χ0n) is 16.2. The monoisotopic (exact) mass is 374 g/mol. The standard InChI is InChI=1S/C20H26N2O5/c1-12(10-25-3)21-18(23)11-27-20(24)19-13(2)22(14-5-6-14)17-8-7-15(26-4)9-16(17)19/h7-9,12,14H,5-6,10-11H2,1-4H3,(H,21,23). The van der Waals surface area contributed by atoms with E-state index in [1.807, 2.05) is 32.0 Å². The number of methoxy groups -OCH3 is 2. The second-order valence-corrected chi connectivity index (χ2v) is 6.94. The van der Waals surface area contributed by atoms with Crippen LogP contribution in [0.2, 0.25) is 0 Å². The number of nitrogens with zero attached hydrogens (tertiary/aromatic N) is 1. The molecule has 0 spiro atoms. The second kappa shape index (κ2) is 8.00. The summed E-state index contributed by atoms with van der Waals surface area (Å²) >= 11 is 0. The zero-order chi connectivity index (χ0) is 19.6. The van der Waals surface area contributed by atoms with Gasteiger partial charge in [-0.2, -0.15) is 0 Å². The number of amides is 1. The lowest BCUT2D eigenvalue weighted by Crippen LogP contribution is -2.38. The number of ether oxygens (including phenoxy) is 3. The Labute approximate surface area is 158 Å². The minimum Gasteiger partial charge on any atom is -0.497 e. The predicted octanol–water partition coefficient (Wildman–Crippen LogP) is 2.60. The largest absolute Gasteiger partial charge is 0.497 e. The molecule has 0 bridgehead atoms. The molecule has 3 rings (SSSR count). The Balaban J connectivity index is 1.81. The number of carbonyl (C=O) groups is 2. The van der Waals surface area contributed by atoms with E-state index in [0.717, 1.165) is 29.4 Å². The van der Waals surface area contributed by atoms with Crippen LogP contribution in [0.5, 0.6) is 5.75 Å². The van der Waals surface area contributed by atoms with E-state index >= 15 is 0 Å². The molecule has 1 aromatic carbocycles. The molecule has 1 amide bonds. The highest BCUT2D eigenvalue weighted by Crippen LogP contribution is 2.42. The van der Waals surface area contributed by atoms with Crippen molar-refractivity contribution in [3.8, 4) is 5.75 Å². The molecular formula is C20H26N2O5. The van der Waals surface area contributed by atoms with Crippen LogP contribution < -0.4 is 10.1 Å². The maximum absolute atomic E-state index is 12.8. The van der Waals surface area contributed by atoms with Gasteiger partial charge in [-0.1, -0.05) is 0 Å². The van der Waals surface area contributed by atoms with E-state index in [1.165, 1.54) is 0 Å². The van der Waals surface area contributed by atoms with Crippen molar-refractivity contribution in [2.75, 3.05) is 27.4 Å². The smallest absolute Gasteiger partial charge is 0.341 e. The third-order valence-corrected chi connectivity index (χ3v) is 4.73. The Morgan fingerprint density at radius 2 is 2.04 bits per heavy atom. The minimum atomic E-state index is -0.500. The first-order valence-corrected chi connectivity index (χ1v) is 9.10.